The summed E-state index contributed by atoms with van der Waals surface area (Å²) in [5.74, 6) is -1.10. The molecule has 0 radical (unpaired) electrons. The van der Waals surface area contributed by atoms with Crippen molar-refractivity contribution >= 4 is 11.9 Å². The fourth-order valence-corrected chi connectivity index (χ4v) is 5.15. The molecular weight excluding hydrogens is 640 g/mol. The highest BCUT2D eigenvalue weighted by molar-refractivity contribution is 5.75. The minimum Gasteiger partial charge on any atom is -0.480 e. The van der Waals surface area contributed by atoms with Crippen LogP contribution in [0.1, 0.15) is 168 Å². The number of carboxylic acids is 1. The van der Waals surface area contributed by atoms with Crippen molar-refractivity contribution in [1.29, 1.82) is 0 Å². The first-order chi connectivity index (χ1) is 24.9. The van der Waals surface area contributed by atoms with Gasteiger partial charge in [0.1, 0.15) is 12.3 Å². The van der Waals surface area contributed by atoms with Crippen molar-refractivity contribution in [2.75, 3.05) is 19.8 Å². The standard InChI is InChI=1S/C23H39NO4.C20H39NO2/c1-2-3-4-5-6-7-8-9-10-11-12-13-14-15-16-17-18-19-22(26)24-21(20-25)23(27)28;1-2-3-4-5-6-7-8-9-10-11-12-13-14-15-16-17-20(23)21-18-19-22/h6-7,9-10,12-13,15-16,21-22,24-26H,2-5,8,11,14,17-20H2,1H3,(H,27,28);9-10,22H,2-8,11-19H2,1H3,(H,21,23)/b7-6-,10-9-,13-12-,16-15-;10-9-/t21-,22?;/m0./s1. The van der Waals surface area contributed by atoms with E-state index in [-0.39, 0.29) is 12.5 Å². The number of carboxylic acid groups (broad SMARTS) is 1. The Labute approximate surface area is 312 Å². The summed E-state index contributed by atoms with van der Waals surface area (Å²) in [5, 5.41) is 41.1. The van der Waals surface area contributed by atoms with Gasteiger partial charge in [0.2, 0.25) is 5.91 Å². The number of aliphatic hydroxyl groups excluding tert-OH is 3. The van der Waals surface area contributed by atoms with Gasteiger partial charge >= 0.3 is 5.97 Å². The topological polar surface area (TPSA) is 139 Å². The molecule has 0 rings (SSSR count). The van der Waals surface area contributed by atoms with E-state index in [1.54, 1.807) is 0 Å². The Hall–Kier alpha value is -2.52. The Balaban J connectivity index is 0. The van der Waals surface area contributed by atoms with Gasteiger partial charge in [-0.05, 0) is 83.5 Å². The van der Waals surface area contributed by atoms with Crippen LogP contribution < -0.4 is 10.6 Å². The highest BCUT2D eigenvalue weighted by atomic mass is 16.4. The maximum absolute atomic E-state index is 11.3. The third kappa shape index (κ3) is 43.6. The van der Waals surface area contributed by atoms with E-state index < -0.39 is 24.8 Å². The van der Waals surface area contributed by atoms with Gasteiger partial charge in [-0.3, -0.25) is 14.9 Å². The maximum atomic E-state index is 11.3. The summed E-state index contributed by atoms with van der Waals surface area (Å²) in [6.07, 6.45) is 48.2. The summed E-state index contributed by atoms with van der Waals surface area (Å²) in [6, 6.07) is -1.12. The Bertz CT molecular complexity index is 899. The molecule has 296 valence electrons. The molecule has 0 aromatic carbocycles. The second-order valence-corrected chi connectivity index (χ2v) is 13.2. The van der Waals surface area contributed by atoms with Gasteiger partial charge in [-0.1, -0.05) is 139 Å². The molecular formula is C43H78N2O6. The lowest BCUT2D eigenvalue weighted by Gasteiger charge is -2.16. The van der Waals surface area contributed by atoms with Crippen molar-refractivity contribution in [2.24, 2.45) is 0 Å². The van der Waals surface area contributed by atoms with Crippen molar-refractivity contribution in [1.82, 2.24) is 10.6 Å². The van der Waals surface area contributed by atoms with Crippen molar-refractivity contribution < 1.29 is 30.0 Å². The highest BCUT2D eigenvalue weighted by Crippen LogP contribution is 2.10. The van der Waals surface area contributed by atoms with Crippen molar-refractivity contribution in [3.8, 4) is 0 Å². The molecule has 1 unspecified atom stereocenters. The molecule has 0 bridgehead atoms. The van der Waals surface area contributed by atoms with E-state index in [0.29, 0.717) is 19.4 Å². The fourth-order valence-electron chi connectivity index (χ4n) is 5.15. The quantitative estimate of drug-likeness (QED) is 0.0218. The van der Waals surface area contributed by atoms with Crippen LogP contribution >= 0.6 is 0 Å². The van der Waals surface area contributed by atoms with Gasteiger partial charge in [-0.15, -0.1) is 0 Å². The zero-order valence-corrected chi connectivity index (χ0v) is 32.6. The predicted octanol–water partition coefficient (Wildman–Crippen LogP) is 9.62. The van der Waals surface area contributed by atoms with Crippen LogP contribution in [0.4, 0.5) is 0 Å². The summed E-state index contributed by atoms with van der Waals surface area (Å²) >= 11 is 0. The summed E-state index contributed by atoms with van der Waals surface area (Å²) in [4.78, 5) is 22.0. The summed E-state index contributed by atoms with van der Waals surface area (Å²) < 4.78 is 0. The zero-order chi connectivity index (χ0) is 37.9. The Morgan fingerprint density at radius 1 is 0.569 bits per heavy atom. The van der Waals surface area contributed by atoms with E-state index in [1.165, 1.54) is 96.3 Å². The number of aliphatic carboxylic acids is 1. The van der Waals surface area contributed by atoms with Gasteiger partial charge in [-0.2, -0.15) is 0 Å². The number of allylic oxidation sites excluding steroid dienone is 10. The summed E-state index contributed by atoms with van der Waals surface area (Å²) in [6.45, 7) is 4.35. The van der Waals surface area contributed by atoms with Crippen LogP contribution in [0, 0.1) is 0 Å². The van der Waals surface area contributed by atoms with E-state index in [4.69, 9.17) is 15.3 Å². The molecule has 8 nitrogen and oxygen atoms in total. The summed E-state index contributed by atoms with van der Waals surface area (Å²) in [7, 11) is 0. The largest absolute Gasteiger partial charge is 0.480 e. The van der Waals surface area contributed by atoms with Crippen molar-refractivity contribution in [3.05, 3.63) is 60.8 Å². The van der Waals surface area contributed by atoms with Crippen molar-refractivity contribution in [3.63, 3.8) is 0 Å². The van der Waals surface area contributed by atoms with Crippen LogP contribution in [0.5, 0.6) is 0 Å². The van der Waals surface area contributed by atoms with E-state index in [0.717, 1.165) is 44.9 Å². The van der Waals surface area contributed by atoms with Gasteiger partial charge in [0.15, 0.2) is 0 Å². The molecule has 0 aliphatic carbocycles. The first-order valence-corrected chi connectivity index (χ1v) is 20.3. The van der Waals surface area contributed by atoms with Gasteiger partial charge in [0.25, 0.3) is 0 Å². The number of unbranched alkanes of at least 4 members (excludes halogenated alkanes) is 15. The van der Waals surface area contributed by atoms with Gasteiger partial charge in [0.05, 0.1) is 13.2 Å². The molecule has 0 saturated heterocycles. The average molecular weight is 719 g/mol. The second-order valence-electron chi connectivity index (χ2n) is 13.2. The Morgan fingerprint density at radius 2 is 0.980 bits per heavy atom. The lowest BCUT2D eigenvalue weighted by Crippen LogP contribution is -2.45. The molecule has 6 N–H and O–H groups in total. The molecule has 0 aromatic heterocycles. The van der Waals surface area contributed by atoms with Crippen LogP contribution in [0.15, 0.2) is 60.8 Å². The van der Waals surface area contributed by atoms with Crippen molar-refractivity contribution in [2.45, 2.75) is 180 Å². The molecule has 0 fully saturated rings. The molecule has 0 aliphatic heterocycles. The minimum atomic E-state index is -1.16. The number of rotatable bonds is 35. The van der Waals surface area contributed by atoms with E-state index in [1.807, 2.05) is 0 Å². The van der Waals surface area contributed by atoms with E-state index in [2.05, 4.69) is 85.2 Å². The third-order valence-electron chi connectivity index (χ3n) is 8.28. The third-order valence-corrected chi connectivity index (χ3v) is 8.28. The monoisotopic (exact) mass is 719 g/mol. The molecule has 51 heavy (non-hydrogen) atoms. The first kappa shape index (κ1) is 50.6. The van der Waals surface area contributed by atoms with Crippen LogP contribution in [0.25, 0.3) is 0 Å². The zero-order valence-electron chi connectivity index (χ0n) is 32.6. The number of carbonyl (C=O) groups excluding carboxylic acids is 1. The summed E-state index contributed by atoms with van der Waals surface area (Å²) in [5.41, 5.74) is 0. The SMILES string of the molecule is CCCCC/C=C\C/C=C\C/C=C\C/C=C\CCCC(O)N[C@@H](CO)C(=O)O.CCCCCCCC/C=C\CCCCCCCC(=O)NCCO. The Kier molecular flexibility index (Phi) is 43.3. The molecule has 0 aliphatic rings. The number of aliphatic hydroxyl groups is 3. The van der Waals surface area contributed by atoms with E-state index >= 15 is 0 Å². The van der Waals surface area contributed by atoms with Crippen LogP contribution in [0.3, 0.4) is 0 Å². The van der Waals surface area contributed by atoms with Crippen LogP contribution in [-0.4, -0.2) is 64.3 Å². The van der Waals surface area contributed by atoms with Crippen LogP contribution in [0.2, 0.25) is 0 Å². The maximum Gasteiger partial charge on any atom is 0.323 e. The van der Waals surface area contributed by atoms with E-state index in [9.17, 15) is 14.7 Å². The van der Waals surface area contributed by atoms with Gasteiger partial charge in [0, 0.05) is 13.0 Å². The second kappa shape index (κ2) is 43.6. The molecule has 0 heterocycles. The van der Waals surface area contributed by atoms with Crippen LogP contribution in [-0.2, 0) is 9.59 Å². The molecule has 1 amide bonds. The Morgan fingerprint density at radius 3 is 1.47 bits per heavy atom. The fraction of sp³-hybridized carbons (Fsp3) is 0.721. The number of hydrogen-bond donors (Lipinski definition) is 6. The average Bonchev–Trinajstić information content (AvgIpc) is 3.12. The minimum absolute atomic E-state index is 0.0259. The lowest BCUT2D eigenvalue weighted by molar-refractivity contribution is -0.141. The molecule has 8 heteroatoms. The normalized spacial score (nSPS) is 13.1. The predicted molar refractivity (Wildman–Crippen MR) is 216 cm³/mol. The smallest absolute Gasteiger partial charge is 0.323 e. The highest BCUT2D eigenvalue weighted by Gasteiger charge is 2.18. The first-order valence-electron chi connectivity index (χ1n) is 20.3. The number of hydrogen-bond acceptors (Lipinski definition) is 6. The molecule has 0 spiro atoms. The lowest BCUT2D eigenvalue weighted by atomic mass is 10.1. The number of nitrogens with one attached hydrogen (secondary N) is 2. The molecule has 0 saturated carbocycles. The van der Waals surface area contributed by atoms with Gasteiger partial charge < -0.3 is 25.7 Å². The molecule has 2 atom stereocenters. The van der Waals surface area contributed by atoms with Gasteiger partial charge in [-0.25, -0.2) is 0 Å². The molecule has 0 aromatic rings. The number of carbonyl (C=O) groups is 2. The number of amides is 1.